The van der Waals surface area contributed by atoms with E-state index in [9.17, 15) is 0 Å². The summed E-state index contributed by atoms with van der Waals surface area (Å²) in [5, 5.41) is 6.57. The Bertz CT molecular complexity index is 440. The number of rotatable bonds is 8. The Kier molecular flexibility index (Phi) is 6.31. The fraction of sp³-hybridized carbons (Fsp3) is 0.625. The molecule has 0 amide bonds. The van der Waals surface area contributed by atoms with E-state index in [-0.39, 0.29) is 0 Å². The molecule has 0 aromatic carbocycles. The van der Waals surface area contributed by atoms with E-state index in [4.69, 9.17) is 4.74 Å². The van der Waals surface area contributed by atoms with Gasteiger partial charge in [-0.05, 0) is 30.7 Å². The Balaban J connectivity index is 1.71. The number of ether oxygens (including phenoxy) is 1. The highest BCUT2D eigenvalue weighted by Gasteiger charge is 2.21. The fourth-order valence-corrected chi connectivity index (χ4v) is 1.88. The minimum atomic E-state index is 0.710. The first-order valence-electron chi connectivity index (χ1n) is 7.84. The maximum atomic E-state index is 5.63. The Labute approximate surface area is 127 Å². The van der Waals surface area contributed by atoms with Crippen LogP contribution in [-0.4, -0.2) is 31.1 Å². The van der Waals surface area contributed by atoms with Gasteiger partial charge in [0.15, 0.2) is 5.96 Å². The average molecular weight is 290 g/mol. The van der Waals surface area contributed by atoms with Crippen LogP contribution in [0.4, 0.5) is 0 Å². The normalized spacial score (nSPS) is 14.9. The van der Waals surface area contributed by atoms with E-state index in [0.717, 1.165) is 42.9 Å². The van der Waals surface area contributed by atoms with Crippen molar-refractivity contribution in [3.63, 3.8) is 0 Å². The molecular formula is C16H26N4O. The third-order valence-corrected chi connectivity index (χ3v) is 3.47. The van der Waals surface area contributed by atoms with Crippen LogP contribution in [0.5, 0.6) is 5.88 Å². The van der Waals surface area contributed by atoms with E-state index in [1.165, 1.54) is 19.3 Å². The smallest absolute Gasteiger partial charge is 0.213 e. The van der Waals surface area contributed by atoms with E-state index in [2.05, 4.69) is 27.5 Å². The number of guanidine groups is 1. The summed E-state index contributed by atoms with van der Waals surface area (Å²) in [6, 6.07) is 3.98. The molecule has 21 heavy (non-hydrogen) atoms. The summed E-state index contributed by atoms with van der Waals surface area (Å²) in [4.78, 5) is 8.53. The number of nitrogens with zero attached hydrogens (tertiary/aromatic N) is 2. The first-order valence-corrected chi connectivity index (χ1v) is 7.84. The molecule has 0 unspecified atom stereocenters. The summed E-state index contributed by atoms with van der Waals surface area (Å²) >= 11 is 0. The van der Waals surface area contributed by atoms with Gasteiger partial charge in [0.1, 0.15) is 0 Å². The van der Waals surface area contributed by atoms with Crippen molar-refractivity contribution in [2.45, 2.75) is 39.2 Å². The molecule has 1 aliphatic carbocycles. The molecule has 5 heteroatoms. The van der Waals surface area contributed by atoms with Gasteiger partial charge in [-0.3, -0.25) is 4.99 Å². The molecule has 1 saturated carbocycles. The lowest BCUT2D eigenvalue weighted by Gasteiger charge is -2.11. The second kappa shape index (κ2) is 8.49. The van der Waals surface area contributed by atoms with Crippen molar-refractivity contribution >= 4 is 5.96 Å². The SMILES string of the molecule is CCCCNC(=NC)NCc1ccc(OCC2CC2)nc1. The lowest BCUT2D eigenvalue weighted by Crippen LogP contribution is -2.37. The molecule has 0 atom stereocenters. The molecule has 2 rings (SSSR count). The van der Waals surface area contributed by atoms with Crippen molar-refractivity contribution in [1.29, 1.82) is 0 Å². The maximum Gasteiger partial charge on any atom is 0.213 e. The Morgan fingerprint density at radius 3 is 2.86 bits per heavy atom. The summed E-state index contributed by atoms with van der Waals surface area (Å²) in [6.45, 7) is 4.64. The molecule has 116 valence electrons. The summed E-state index contributed by atoms with van der Waals surface area (Å²) in [6.07, 6.45) is 6.78. The van der Waals surface area contributed by atoms with Crippen molar-refractivity contribution in [3.05, 3.63) is 23.9 Å². The van der Waals surface area contributed by atoms with Gasteiger partial charge in [0, 0.05) is 32.4 Å². The molecule has 1 aliphatic rings. The van der Waals surface area contributed by atoms with Crippen molar-refractivity contribution in [2.24, 2.45) is 10.9 Å². The predicted octanol–water partition coefficient (Wildman–Crippen LogP) is 2.34. The standard InChI is InChI=1S/C16H26N4O/c1-3-4-9-18-16(17-2)20-11-14-7-8-15(19-10-14)21-12-13-5-6-13/h7-8,10,13H,3-6,9,11-12H2,1-2H3,(H2,17,18,20). The molecule has 0 radical (unpaired) electrons. The molecule has 5 nitrogen and oxygen atoms in total. The van der Waals surface area contributed by atoms with Gasteiger partial charge in [-0.15, -0.1) is 0 Å². The number of pyridine rings is 1. The van der Waals surface area contributed by atoms with Crippen molar-refractivity contribution in [1.82, 2.24) is 15.6 Å². The predicted molar refractivity (Wildman–Crippen MR) is 85.6 cm³/mol. The third kappa shape index (κ3) is 6.02. The molecule has 1 heterocycles. The van der Waals surface area contributed by atoms with Gasteiger partial charge in [0.05, 0.1) is 6.61 Å². The van der Waals surface area contributed by atoms with Crippen LogP contribution in [0.25, 0.3) is 0 Å². The van der Waals surface area contributed by atoms with Crippen LogP contribution in [0.15, 0.2) is 23.3 Å². The number of hydrogen-bond acceptors (Lipinski definition) is 3. The summed E-state index contributed by atoms with van der Waals surface area (Å²) < 4.78 is 5.63. The van der Waals surface area contributed by atoms with E-state index in [0.29, 0.717) is 6.54 Å². The Hall–Kier alpha value is -1.78. The zero-order chi connectivity index (χ0) is 14.9. The highest BCUT2D eigenvalue weighted by molar-refractivity contribution is 5.79. The summed E-state index contributed by atoms with van der Waals surface area (Å²) in [5.41, 5.74) is 1.12. The van der Waals surface area contributed by atoms with Gasteiger partial charge in [0.2, 0.25) is 5.88 Å². The molecule has 0 saturated heterocycles. The number of aliphatic imine (C=N–C) groups is 1. The number of nitrogens with one attached hydrogen (secondary N) is 2. The first kappa shape index (κ1) is 15.6. The van der Waals surface area contributed by atoms with Crippen molar-refractivity contribution in [2.75, 3.05) is 20.2 Å². The van der Waals surface area contributed by atoms with Crippen LogP contribution in [-0.2, 0) is 6.54 Å². The molecule has 1 fully saturated rings. The van der Waals surface area contributed by atoms with E-state index in [1.54, 1.807) is 7.05 Å². The van der Waals surface area contributed by atoms with Gasteiger partial charge in [-0.2, -0.15) is 0 Å². The van der Waals surface area contributed by atoms with E-state index in [1.807, 2.05) is 18.3 Å². The summed E-state index contributed by atoms with van der Waals surface area (Å²) in [5.74, 6) is 2.30. The fourth-order valence-electron chi connectivity index (χ4n) is 1.88. The van der Waals surface area contributed by atoms with Crippen LogP contribution >= 0.6 is 0 Å². The maximum absolute atomic E-state index is 5.63. The second-order valence-electron chi connectivity index (χ2n) is 5.47. The van der Waals surface area contributed by atoms with Crippen LogP contribution in [0.2, 0.25) is 0 Å². The Morgan fingerprint density at radius 2 is 2.24 bits per heavy atom. The molecule has 1 aromatic heterocycles. The quantitative estimate of drug-likeness (QED) is 0.438. The van der Waals surface area contributed by atoms with Crippen molar-refractivity contribution in [3.8, 4) is 5.88 Å². The second-order valence-corrected chi connectivity index (χ2v) is 5.47. The van der Waals surface area contributed by atoms with Crippen LogP contribution in [0.3, 0.4) is 0 Å². The molecule has 0 aliphatic heterocycles. The number of hydrogen-bond donors (Lipinski definition) is 2. The van der Waals surface area contributed by atoms with Crippen LogP contribution in [0, 0.1) is 5.92 Å². The number of aromatic nitrogens is 1. The molecule has 2 N–H and O–H groups in total. The zero-order valence-electron chi connectivity index (χ0n) is 13.1. The summed E-state index contributed by atoms with van der Waals surface area (Å²) in [7, 11) is 1.79. The van der Waals surface area contributed by atoms with Gasteiger partial charge in [-0.1, -0.05) is 19.4 Å². The zero-order valence-corrected chi connectivity index (χ0v) is 13.1. The van der Waals surface area contributed by atoms with Crippen LogP contribution < -0.4 is 15.4 Å². The van der Waals surface area contributed by atoms with Gasteiger partial charge in [0.25, 0.3) is 0 Å². The lowest BCUT2D eigenvalue weighted by atomic mass is 10.3. The van der Waals surface area contributed by atoms with Crippen molar-refractivity contribution < 1.29 is 4.74 Å². The molecule has 0 bridgehead atoms. The topological polar surface area (TPSA) is 58.5 Å². The first-order chi connectivity index (χ1) is 10.3. The lowest BCUT2D eigenvalue weighted by molar-refractivity contribution is 0.288. The van der Waals surface area contributed by atoms with E-state index >= 15 is 0 Å². The number of unbranched alkanes of at least 4 members (excludes halogenated alkanes) is 1. The highest BCUT2D eigenvalue weighted by atomic mass is 16.5. The highest BCUT2D eigenvalue weighted by Crippen LogP contribution is 2.29. The molecule has 1 aromatic rings. The Morgan fingerprint density at radius 1 is 1.38 bits per heavy atom. The van der Waals surface area contributed by atoms with Gasteiger partial charge >= 0.3 is 0 Å². The van der Waals surface area contributed by atoms with Gasteiger partial charge in [-0.25, -0.2) is 4.98 Å². The van der Waals surface area contributed by atoms with Gasteiger partial charge < -0.3 is 15.4 Å². The monoisotopic (exact) mass is 290 g/mol. The third-order valence-electron chi connectivity index (χ3n) is 3.47. The molecule has 0 spiro atoms. The largest absolute Gasteiger partial charge is 0.477 e. The van der Waals surface area contributed by atoms with Crippen LogP contribution in [0.1, 0.15) is 38.2 Å². The average Bonchev–Trinajstić information content (AvgIpc) is 3.34. The minimum Gasteiger partial charge on any atom is -0.477 e. The molecular weight excluding hydrogens is 264 g/mol. The van der Waals surface area contributed by atoms with E-state index < -0.39 is 0 Å². The minimum absolute atomic E-state index is 0.710.